The van der Waals surface area contributed by atoms with E-state index < -0.39 is 16.0 Å². The molecule has 0 aliphatic rings. The van der Waals surface area contributed by atoms with Crippen LogP contribution in [0.5, 0.6) is 0 Å². The molecule has 0 unspecified atom stereocenters. The Morgan fingerprint density at radius 2 is 1.97 bits per heavy atom. The third kappa shape index (κ3) is 6.27. The molecule has 9 heteroatoms. The first kappa shape index (κ1) is 22.7. The molecule has 162 valence electrons. The van der Waals surface area contributed by atoms with Crippen molar-refractivity contribution in [2.75, 3.05) is 13.7 Å². The molecule has 31 heavy (non-hydrogen) atoms. The second-order valence-electron chi connectivity index (χ2n) is 6.66. The predicted molar refractivity (Wildman–Crippen MR) is 119 cm³/mol. The maximum Gasteiger partial charge on any atom is 0.330 e. The van der Waals surface area contributed by atoms with Crippen molar-refractivity contribution >= 4 is 33.7 Å². The van der Waals surface area contributed by atoms with Crippen LogP contribution < -0.4 is 4.72 Å². The summed E-state index contributed by atoms with van der Waals surface area (Å²) in [7, 11) is -2.32. The van der Waals surface area contributed by atoms with Crippen LogP contribution in [0, 0.1) is 0 Å². The molecule has 0 aliphatic heterocycles. The van der Waals surface area contributed by atoms with E-state index in [4.69, 9.17) is 11.6 Å². The van der Waals surface area contributed by atoms with E-state index >= 15 is 0 Å². The third-order valence-corrected chi connectivity index (χ3v) is 6.29. The summed E-state index contributed by atoms with van der Waals surface area (Å²) in [4.78, 5) is 15.8. The first-order valence-corrected chi connectivity index (χ1v) is 11.3. The summed E-state index contributed by atoms with van der Waals surface area (Å²) < 4.78 is 34.3. The number of sulfonamides is 1. The van der Waals surface area contributed by atoms with Crippen LogP contribution in [0.1, 0.15) is 17.0 Å². The van der Waals surface area contributed by atoms with Gasteiger partial charge in [-0.25, -0.2) is 17.9 Å². The maximum absolute atomic E-state index is 12.5. The highest BCUT2D eigenvalue weighted by atomic mass is 35.5. The number of nitrogens with zero attached hydrogens (tertiary/aromatic N) is 2. The number of methoxy groups -OCH3 is 1. The number of rotatable bonds is 9. The Bertz CT molecular complexity index is 1160. The molecule has 7 nitrogen and oxygen atoms in total. The van der Waals surface area contributed by atoms with Crippen molar-refractivity contribution in [2.45, 2.75) is 17.9 Å². The lowest BCUT2D eigenvalue weighted by molar-refractivity contribution is -0.134. The molecule has 2 aromatic heterocycles. The molecule has 1 N–H and O–H groups in total. The monoisotopic (exact) mass is 459 g/mol. The van der Waals surface area contributed by atoms with E-state index in [9.17, 15) is 13.2 Å². The summed E-state index contributed by atoms with van der Waals surface area (Å²) >= 11 is 5.83. The highest BCUT2D eigenvalue weighted by molar-refractivity contribution is 7.89. The highest BCUT2D eigenvalue weighted by Crippen LogP contribution is 2.16. The molecule has 0 saturated carbocycles. The Labute approximate surface area is 186 Å². The van der Waals surface area contributed by atoms with Crippen LogP contribution in [0.15, 0.2) is 71.9 Å². The second kappa shape index (κ2) is 10.4. The summed E-state index contributed by atoms with van der Waals surface area (Å²) in [5, 5.41) is 0.472. The molecule has 0 fully saturated rings. The Kier molecular flexibility index (Phi) is 7.62. The quantitative estimate of drug-likeness (QED) is 0.391. The van der Waals surface area contributed by atoms with Crippen LogP contribution in [0.2, 0.25) is 5.02 Å². The normalized spacial score (nSPS) is 11.7. The number of aromatic nitrogens is 2. The van der Waals surface area contributed by atoms with E-state index in [1.165, 1.54) is 37.5 Å². The van der Waals surface area contributed by atoms with Gasteiger partial charge in [-0.05, 0) is 54.1 Å². The number of pyridine rings is 1. The average Bonchev–Trinajstić information content (AvgIpc) is 3.14. The van der Waals surface area contributed by atoms with Gasteiger partial charge >= 0.3 is 5.97 Å². The standard InChI is InChI=1S/C22H22ClN3O4S/c1-30-22(27)11-8-19-6-7-20(26(19)16-17-3-2-13-24-15-17)12-14-25-31(28,29)21-9-4-18(23)5-10-21/h2-11,13,15,25H,12,14,16H2,1H3. The molecule has 1 aromatic carbocycles. The Morgan fingerprint density at radius 3 is 2.65 bits per heavy atom. The Balaban J connectivity index is 1.76. The van der Waals surface area contributed by atoms with E-state index in [2.05, 4.69) is 14.4 Å². The molecular weight excluding hydrogens is 438 g/mol. The van der Waals surface area contributed by atoms with Crippen molar-refractivity contribution < 1.29 is 17.9 Å². The summed E-state index contributed by atoms with van der Waals surface area (Å²) in [6.07, 6.45) is 6.94. The van der Waals surface area contributed by atoms with Gasteiger partial charge in [-0.3, -0.25) is 4.98 Å². The van der Waals surface area contributed by atoms with Gasteiger partial charge in [0.15, 0.2) is 0 Å². The second-order valence-corrected chi connectivity index (χ2v) is 8.86. The van der Waals surface area contributed by atoms with Gasteiger partial charge in [-0.1, -0.05) is 17.7 Å². The Morgan fingerprint density at radius 1 is 1.19 bits per heavy atom. The van der Waals surface area contributed by atoms with Crippen molar-refractivity contribution in [1.29, 1.82) is 0 Å². The largest absolute Gasteiger partial charge is 0.466 e. The third-order valence-electron chi connectivity index (χ3n) is 4.56. The molecule has 0 saturated heterocycles. The average molecular weight is 460 g/mol. The van der Waals surface area contributed by atoms with E-state index in [0.29, 0.717) is 18.0 Å². The number of benzene rings is 1. The fourth-order valence-electron chi connectivity index (χ4n) is 2.99. The highest BCUT2D eigenvalue weighted by Gasteiger charge is 2.14. The summed E-state index contributed by atoms with van der Waals surface area (Å²) in [5.41, 5.74) is 2.69. The van der Waals surface area contributed by atoms with Crippen LogP contribution in [0.25, 0.3) is 6.08 Å². The number of carbonyl (C=O) groups excluding carboxylic acids is 1. The number of nitrogens with one attached hydrogen (secondary N) is 1. The van der Waals surface area contributed by atoms with Crippen LogP contribution >= 0.6 is 11.6 Å². The minimum absolute atomic E-state index is 0.157. The van der Waals surface area contributed by atoms with Crippen LogP contribution in [-0.4, -0.2) is 37.6 Å². The fourth-order valence-corrected chi connectivity index (χ4v) is 4.15. The zero-order valence-electron chi connectivity index (χ0n) is 16.9. The molecule has 0 atom stereocenters. The SMILES string of the molecule is COC(=O)C=Cc1ccc(CCNS(=O)(=O)c2ccc(Cl)cc2)n1Cc1cccnc1. The van der Waals surface area contributed by atoms with Crippen molar-refractivity contribution in [1.82, 2.24) is 14.3 Å². The first-order valence-electron chi connectivity index (χ1n) is 9.47. The molecule has 0 bridgehead atoms. The van der Waals surface area contributed by atoms with Crippen molar-refractivity contribution in [3.8, 4) is 0 Å². The van der Waals surface area contributed by atoms with E-state index in [1.54, 1.807) is 18.5 Å². The molecule has 0 spiro atoms. The fraction of sp³-hybridized carbons (Fsp3) is 0.182. The molecule has 0 aliphatic carbocycles. The lowest BCUT2D eigenvalue weighted by atomic mass is 10.2. The van der Waals surface area contributed by atoms with Gasteiger partial charge in [0.25, 0.3) is 0 Å². The minimum Gasteiger partial charge on any atom is -0.466 e. The van der Waals surface area contributed by atoms with Gasteiger partial charge in [0.05, 0.1) is 12.0 Å². The van der Waals surface area contributed by atoms with Crippen LogP contribution in [-0.2, 0) is 32.5 Å². The zero-order valence-corrected chi connectivity index (χ0v) is 18.4. The van der Waals surface area contributed by atoms with Crippen molar-refractivity contribution in [3.05, 3.63) is 89.0 Å². The van der Waals surface area contributed by atoms with Gasteiger partial charge < -0.3 is 9.30 Å². The maximum atomic E-state index is 12.5. The lowest BCUT2D eigenvalue weighted by Gasteiger charge is -2.13. The van der Waals surface area contributed by atoms with Gasteiger partial charge in [0.1, 0.15) is 0 Å². The van der Waals surface area contributed by atoms with E-state index in [-0.39, 0.29) is 11.4 Å². The molecule has 3 rings (SSSR count). The van der Waals surface area contributed by atoms with Crippen LogP contribution in [0.3, 0.4) is 0 Å². The lowest BCUT2D eigenvalue weighted by Crippen LogP contribution is -2.26. The zero-order chi connectivity index (χ0) is 22.3. The number of carbonyl (C=O) groups is 1. The van der Waals surface area contributed by atoms with Crippen LogP contribution in [0.4, 0.5) is 0 Å². The number of halogens is 1. The summed E-state index contributed by atoms with van der Waals surface area (Å²) in [5.74, 6) is -0.452. The number of hydrogen-bond acceptors (Lipinski definition) is 5. The summed E-state index contributed by atoms with van der Waals surface area (Å²) in [6, 6.07) is 13.6. The van der Waals surface area contributed by atoms with Gasteiger partial charge in [0.2, 0.25) is 10.0 Å². The molecule has 3 aromatic rings. The van der Waals surface area contributed by atoms with E-state index in [0.717, 1.165) is 17.0 Å². The molecule has 0 amide bonds. The van der Waals surface area contributed by atoms with E-state index in [1.807, 2.05) is 28.8 Å². The Hall–Kier alpha value is -2.94. The summed E-state index contributed by atoms with van der Waals surface area (Å²) in [6.45, 7) is 0.739. The molecular formula is C22H22ClN3O4S. The predicted octanol–water partition coefficient (Wildman–Crippen LogP) is 3.29. The van der Waals surface area contributed by atoms with Crippen molar-refractivity contribution in [2.24, 2.45) is 0 Å². The van der Waals surface area contributed by atoms with Gasteiger partial charge in [-0.2, -0.15) is 0 Å². The smallest absolute Gasteiger partial charge is 0.330 e. The van der Waals surface area contributed by atoms with Crippen molar-refractivity contribution in [3.63, 3.8) is 0 Å². The topological polar surface area (TPSA) is 90.3 Å². The minimum atomic E-state index is -3.64. The van der Waals surface area contributed by atoms with Gasteiger partial charge in [0, 0.05) is 54.4 Å². The number of ether oxygens (including phenoxy) is 1. The number of esters is 1. The number of hydrogen-bond donors (Lipinski definition) is 1. The molecule has 2 heterocycles. The first-order chi connectivity index (χ1) is 14.9. The van der Waals surface area contributed by atoms with Gasteiger partial charge in [-0.15, -0.1) is 0 Å². The molecule has 0 radical (unpaired) electrons.